The molecule has 5 heteroatoms. The molecule has 5 rings (SSSR count). The van der Waals surface area contributed by atoms with Crippen LogP contribution in [0.3, 0.4) is 0 Å². The van der Waals surface area contributed by atoms with Gasteiger partial charge in [-0.15, -0.1) is 0 Å². The Morgan fingerprint density at radius 1 is 1.00 bits per heavy atom. The third kappa shape index (κ3) is 4.57. The van der Waals surface area contributed by atoms with Crippen molar-refractivity contribution in [2.45, 2.75) is 50.8 Å². The maximum atomic E-state index is 13.5. The van der Waals surface area contributed by atoms with E-state index in [2.05, 4.69) is 17.1 Å². The largest absolute Gasteiger partial charge is 0.488 e. The fraction of sp³-hybridized carbons (Fsp3) is 0.385. The molecule has 160 valence electrons. The fourth-order valence-electron chi connectivity index (χ4n) is 4.58. The summed E-state index contributed by atoms with van der Waals surface area (Å²) in [5.74, 6) is 0.871. The predicted octanol–water partition coefficient (Wildman–Crippen LogP) is 4.99. The molecule has 1 atom stereocenters. The number of nitrogens with zero attached hydrogens (tertiary/aromatic N) is 2. The molecule has 2 fully saturated rings. The van der Waals surface area contributed by atoms with Crippen LogP contribution in [0, 0.1) is 0 Å². The molecule has 1 amide bonds. The van der Waals surface area contributed by atoms with Crippen molar-refractivity contribution in [3.8, 4) is 5.75 Å². The van der Waals surface area contributed by atoms with Crippen LogP contribution in [0.1, 0.15) is 48.2 Å². The number of rotatable bonds is 6. The van der Waals surface area contributed by atoms with E-state index in [0.29, 0.717) is 18.8 Å². The summed E-state index contributed by atoms with van der Waals surface area (Å²) in [6.45, 7) is 2.01. The number of hydrogen-bond acceptors (Lipinski definition) is 4. The Morgan fingerprint density at radius 2 is 1.81 bits per heavy atom. The zero-order chi connectivity index (χ0) is 21.0. The van der Waals surface area contributed by atoms with E-state index in [1.165, 1.54) is 12.8 Å². The van der Waals surface area contributed by atoms with E-state index < -0.39 is 0 Å². The zero-order valence-electron chi connectivity index (χ0n) is 17.7. The summed E-state index contributed by atoms with van der Waals surface area (Å²) in [5, 5.41) is 1.05. The second-order valence-electron chi connectivity index (χ2n) is 8.51. The van der Waals surface area contributed by atoms with Gasteiger partial charge in [-0.3, -0.25) is 4.79 Å². The van der Waals surface area contributed by atoms with Gasteiger partial charge in [0.25, 0.3) is 5.91 Å². The minimum Gasteiger partial charge on any atom is -0.488 e. The monoisotopic (exact) mass is 416 g/mol. The summed E-state index contributed by atoms with van der Waals surface area (Å²) in [6, 6.07) is 20.2. The first-order valence-electron chi connectivity index (χ1n) is 11.3. The van der Waals surface area contributed by atoms with E-state index in [9.17, 15) is 4.79 Å². The first kappa shape index (κ1) is 20.0. The number of aromatic nitrogens is 1. The van der Waals surface area contributed by atoms with E-state index in [0.717, 1.165) is 48.1 Å². The maximum absolute atomic E-state index is 13.5. The first-order chi connectivity index (χ1) is 15.3. The second-order valence-corrected chi connectivity index (χ2v) is 8.51. The summed E-state index contributed by atoms with van der Waals surface area (Å²) >= 11 is 0. The Balaban J connectivity index is 1.35. The van der Waals surface area contributed by atoms with Gasteiger partial charge in [-0.25, -0.2) is 4.98 Å². The van der Waals surface area contributed by atoms with Crippen molar-refractivity contribution in [2.75, 3.05) is 13.2 Å². The van der Waals surface area contributed by atoms with Crippen LogP contribution in [-0.4, -0.2) is 41.2 Å². The Bertz CT molecular complexity index is 1040. The van der Waals surface area contributed by atoms with E-state index >= 15 is 0 Å². The van der Waals surface area contributed by atoms with Crippen LogP contribution in [0.25, 0.3) is 10.9 Å². The lowest BCUT2D eigenvalue weighted by Gasteiger charge is -2.29. The van der Waals surface area contributed by atoms with Crippen molar-refractivity contribution in [3.05, 3.63) is 71.9 Å². The van der Waals surface area contributed by atoms with Crippen molar-refractivity contribution in [1.82, 2.24) is 9.88 Å². The predicted molar refractivity (Wildman–Crippen MR) is 120 cm³/mol. The molecular weight excluding hydrogens is 388 g/mol. The number of carbonyl (C=O) groups excluding carboxylic acids is 1. The van der Waals surface area contributed by atoms with E-state index in [-0.39, 0.29) is 18.1 Å². The van der Waals surface area contributed by atoms with Crippen LogP contribution >= 0.6 is 0 Å². The lowest BCUT2D eigenvalue weighted by atomic mass is 10.1. The van der Waals surface area contributed by atoms with Crippen LogP contribution < -0.4 is 4.74 Å². The molecule has 1 aromatic heterocycles. The molecule has 5 nitrogen and oxygen atoms in total. The molecule has 2 aliphatic rings. The number of amides is 1. The van der Waals surface area contributed by atoms with Gasteiger partial charge in [0.2, 0.25) is 0 Å². The lowest BCUT2D eigenvalue weighted by molar-refractivity contribution is 0.0659. The highest BCUT2D eigenvalue weighted by Gasteiger charge is 2.28. The molecule has 0 unspecified atom stereocenters. The Morgan fingerprint density at radius 3 is 2.58 bits per heavy atom. The van der Waals surface area contributed by atoms with E-state index in [4.69, 9.17) is 9.47 Å². The topological polar surface area (TPSA) is 51.7 Å². The van der Waals surface area contributed by atoms with Crippen molar-refractivity contribution >= 4 is 16.8 Å². The second kappa shape index (κ2) is 9.06. The van der Waals surface area contributed by atoms with Crippen LogP contribution in [0.2, 0.25) is 0 Å². The number of pyridine rings is 1. The van der Waals surface area contributed by atoms with Gasteiger partial charge in [-0.2, -0.15) is 0 Å². The SMILES string of the molecule is O=C(c1ccc2ccccc2n1)N(Cc1ccc(O[C@@H]2CCOC2)cc1)C1CCCC1. The number of ether oxygens (including phenoxy) is 2. The van der Waals surface area contributed by atoms with E-state index in [1.807, 2.05) is 53.4 Å². The minimum atomic E-state index is 0.0149. The summed E-state index contributed by atoms with van der Waals surface area (Å²) in [6.07, 6.45) is 5.54. The van der Waals surface area contributed by atoms with Crippen LogP contribution in [-0.2, 0) is 11.3 Å². The third-order valence-electron chi connectivity index (χ3n) is 6.31. The summed E-state index contributed by atoms with van der Waals surface area (Å²) in [7, 11) is 0. The molecule has 1 aliphatic carbocycles. The van der Waals surface area contributed by atoms with Gasteiger partial charge in [-0.1, -0.05) is 49.2 Å². The van der Waals surface area contributed by atoms with Crippen molar-refractivity contribution < 1.29 is 14.3 Å². The molecule has 2 aromatic carbocycles. The average molecular weight is 417 g/mol. The van der Waals surface area contributed by atoms with Crippen molar-refractivity contribution in [2.24, 2.45) is 0 Å². The number of carbonyl (C=O) groups is 1. The van der Waals surface area contributed by atoms with Gasteiger partial charge in [0.15, 0.2) is 0 Å². The van der Waals surface area contributed by atoms with Crippen LogP contribution in [0.4, 0.5) is 0 Å². The lowest BCUT2D eigenvalue weighted by Crippen LogP contribution is -2.38. The summed E-state index contributed by atoms with van der Waals surface area (Å²) in [4.78, 5) is 20.2. The van der Waals surface area contributed by atoms with Crippen LogP contribution in [0.5, 0.6) is 5.75 Å². The fourth-order valence-corrected chi connectivity index (χ4v) is 4.58. The number of para-hydroxylation sites is 1. The Labute approximate surface area is 183 Å². The zero-order valence-corrected chi connectivity index (χ0v) is 17.7. The Kier molecular flexibility index (Phi) is 5.85. The highest BCUT2D eigenvalue weighted by Crippen LogP contribution is 2.27. The molecule has 1 saturated heterocycles. The number of benzene rings is 2. The van der Waals surface area contributed by atoms with Gasteiger partial charge >= 0.3 is 0 Å². The smallest absolute Gasteiger partial charge is 0.273 e. The molecule has 0 radical (unpaired) electrons. The molecule has 1 aliphatic heterocycles. The number of fused-ring (bicyclic) bond motifs is 1. The third-order valence-corrected chi connectivity index (χ3v) is 6.31. The van der Waals surface area contributed by atoms with Gasteiger partial charge in [0.1, 0.15) is 17.5 Å². The molecule has 0 N–H and O–H groups in total. The van der Waals surface area contributed by atoms with Gasteiger partial charge in [0.05, 0.1) is 18.7 Å². The average Bonchev–Trinajstić information content (AvgIpc) is 3.52. The molecule has 0 spiro atoms. The maximum Gasteiger partial charge on any atom is 0.273 e. The van der Waals surface area contributed by atoms with E-state index in [1.54, 1.807) is 0 Å². The molecule has 2 heterocycles. The molecule has 31 heavy (non-hydrogen) atoms. The molecule has 0 bridgehead atoms. The Hall–Kier alpha value is -2.92. The van der Waals surface area contributed by atoms with Gasteiger partial charge < -0.3 is 14.4 Å². The summed E-state index contributed by atoms with van der Waals surface area (Å²) in [5.41, 5.74) is 2.49. The van der Waals surface area contributed by atoms with Crippen molar-refractivity contribution in [1.29, 1.82) is 0 Å². The number of hydrogen-bond donors (Lipinski definition) is 0. The molecule has 3 aromatic rings. The molecule has 1 saturated carbocycles. The normalized spacial score (nSPS) is 19.0. The first-order valence-corrected chi connectivity index (χ1v) is 11.3. The quantitative estimate of drug-likeness (QED) is 0.568. The highest BCUT2D eigenvalue weighted by atomic mass is 16.5. The minimum absolute atomic E-state index is 0.0149. The van der Waals surface area contributed by atoms with Gasteiger partial charge in [-0.05, 0) is 42.7 Å². The summed E-state index contributed by atoms with van der Waals surface area (Å²) < 4.78 is 11.4. The standard InChI is InChI=1S/C26H28N2O3/c29-26(25-14-11-20-5-1-4-8-24(20)27-25)28(21-6-2-3-7-21)17-19-9-12-22(13-10-19)31-23-15-16-30-18-23/h1,4-5,8-14,21,23H,2-3,6-7,15-18H2/t23-/m1/s1. The highest BCUT2D eigenvalue weighted by molar-refractivity contribution is 5.95. The molecular formula is C26H28N2O3. The van der Waals surface area contributed by atoms with Gasteiger partial charge in [0, 0.05) is 24.4 Å². The van der Waals surface area contributed by atoms with Crippen molar-refractivity contribution in [3.63, 3.8) is 0 Å². The van der Waals surface area contributed by atoms with Crippen LogP contribution in [0.15, 0.2) is 60.7 Å².